The molecule has 3 aromatic rings. The Morgan fingerprint density at radius 1 is 1.11 bits per heavy atom. The van der Waals surface area contributed by atoms with Gasteiger partial charge in [0.15, 0.2) is 5.82 Å². The van der Waals surface area contributed by atoms with E-state index in [4.69, 9.17) is 10.5 Å². The quantitative estimate of drug-likeness (QED) is 0.702. The summed E-state index contributed by atoms with van der Waals surface area (Å²) >= 11 is 3.43. The Hall–Kier alpha value is -1.88. The van der Waals surface area contributed by atoms with Crippen molar-refractivity contribution >= 4 is 43.6 Å². The maximum absolute atomic E-state index is 5.95. The highest BCUT2D eigenvalue weighted by Gasteiger charge is 2.08. The van der Waals surface area contributed by atoms with Crippen LogP contribution in [0.5, 0.6) is 5.88 Å². The van der Waals surface area contributed by atoms with E-state index in [-0.39, 0.29) is 0 Å². The van der Waals surface area contributed by atoms with E-state index in [9.17, 15) is 0 Å². The molecule has 0 unspecified atom stereocenters. The van der Waals surface area contributed by atoms with Gasteiger partial charge in [0.1, 0.15) is 5.52 Å². The van der Waals surface area contributed by atoms with Crippen molar-refractivity contribution in [3.8, 4) is 5.88 Å². The van der Waals surface area contributed by atoms with E-state index in [1.165, 1.54) is 0 Å². The second kappa shape index (κ2) is 4.10. The van der Waals surface area contributed by atoms with Gasteiger partial charge < -0.3 is 10.5 Å². The van der Waals surface area contributed by atoms with Gasteiger partial charge in [-0.05, 0) is 18.2 Å². The van der Waals surface area contributed by atoms with Crippen molar-refractivity contribution in [2.45, 2.75) is 0 Å². The zero-order valence-electron chi connectivity index (χ0n) is 9.64. The molecule has 1 aromatic carbocycles. The Balaban J connectivity index is 2.46. The number of pyridine rings is 2. The van der Waals surface area contributed by atoms with Crippen molar-refractivity contribution in [1.29, 1.82) is 0 Å². The Bertz CT molecular complexity index is 758. The number of nitrogens with zero attached hydrogens (tertiary/aromatic N) is 2. The average molecular weight is 304 g/mol. The van der Waals surface area contributed by atoms with E-state index in [0.717, 1.165) is 20.8 Å². The van der Waals surface area contributed by atoms with Crippen molar-refractivity contribution in [1.82, 2.24) is 9.97 Å². The fraction of sp³-hybridized carbons (Fsp3) is 0.0769. The van der Waals surface area contributed by atoms with Crippen LogP contribution in [0.4, 0.5) is 5.82 Å². The van der Waals surface area contributed by atoms with Crippen LogP contribution in [-0.2, 0) is 0 Å². The lowest BCUT2D eigenvalue weighted by Crippen LogP contribution is -1.97. The molecule has 0 spiro atoms. The summed E-state index contributed by atoms with van der Waals surface area (Å²) in [5, 5.41) is 2.00. The van der Waals surface area contributed by atoms with Crippen LogP contribution in [-0.4, -0.2) is 17.1 Å². The molecule has 0 amide bonds. The summed E-state index contributed by atoms with van der Waals surface area (Å²) in [6.07, 6.45) is 0. The number of rotatable bonds is 1. The second-order valence-electron chi connectivity index (χ2n) is 3.91. The summed E-state index contributed by atoms with van der Waals surface area (Å²) in [4.78, 5) is 8.71. The fourth-order valence-electron chi connectivity index (χ4n) is 1.98. The normalized spacial score (nSPS) is 11.0. The minimum absolute atomic E-state index is 0.412. The average Bonchev–Trinajstić information content (AvgIpc) is 2.38. The number of methoxy groups -OCH3 is 1. The van der Waals surface area contributed by atoms with E-state index in [1.807, 2.05) is 30.3 Å². The lowest BCUT2D eigenvalue weighted by Gasteiger charge is -2.07. The summed E-state index contributed by atoms with van der Waals surface area (Å²) < 4.78 is 6.08. The molecule has 5 heteroatoms. The summed E-state index contributed by atoms with van der Waals surface area (Å²) in [6.45, 7) is 0. The van der Waals surface area contributed by atoms with Crippen LogP contribution in [0.1, 0.15) is 0 Å². The lowest BCUT2D eigenvalue weighted by atomic mass is 10.1. The molecule has 0 saturated heterocycles. The lowest BCUT2D eigenvalue weighted by molar-refractivity contribution is 0.399. The first-order valence-corrected chi connectivity index (χ1v) is 6.18. The molecule has 0 fully saturated rings. The van der Waals surface area contributed by atoms with Gasteiger partial charge in [0.2, 0.25) is 5.88 Å². The zero-order chi connectivity index (χ0) is 12.7. The van der Waals surface area contributed by atoms with E-state index in [1.54, 1.807) is 7.11 Å². The molecule has 4 nitrogen and oxygen atoms in total. The second-order valence-corrected chi connectivity index (χ2v) is 4.82. The number of ether oxygens (including phenoxy) is 1. The van der Waals surface area contributed by atoms with Crippen LogP contribution >= 0.6 is 15.9 Å². The fourth-order valence-corrected chi connectivity index (χ4v) is 2.32. The Labute approximate surface area is 112 Å². The molecule has 90 valence electrons. The summed E-state index contributed by atoms with van der Waals surface area (Å²) in [5.74, 6) is 0.946. The molecule has 0 saturated carbocycles. The predicted octanol–water partition coefficient (Wildman–Crippen LogP) is 3.14. The van der Waals surface area contributed by atoms with Gasteiger partial charge >= 0.3 is 0 Å². The number of hydrogen-bond acceptors (Lipinski definition) is 4. The predicted molar refractivity (Wildman–Crippen MR) is 75.7 cm³/mol. The Kier molecular flexibility index (Phi) is 2.56. The molecule has 3 rings (SSSR count). The van der Waals surface area contributed by atoms with Gasteiger partial charge in [-0.15, -0.1) is 0 Å². The highest BCUT2D eigenvalue weighted by atomic mass is 79.9. The van der Waals surface area contributed by atoms with Crippen molar-refractivity contribution in [3.05, 3.63) is 34.8 Å². The molecular weight excluding hydrogens is 294 g/mol. The van der Waals surface area contributed by atoms with Gasteiger partial charge in [0, 0.05) is 21.3 Å². The minimum Gasteiger partial charge on any atom is -0.481 e. The highest BCUT2D eigenvalue weighted by molar-refractivity contribution is 9.10. The van der Waals surface area contributed by atoms with Gasteiger partial charge in [-0.1, -0.05) is 22.0 Å². The third-order valence-corrected chi connectivity index (χ3v) is 3.31. The molecule has 2 N–H and O–H groups in total. The van der Waals surface area contributed by atoms with Crippen LogP contribution in [0.2, 0.25) is 0 Å². The summed E-state index contributed by atoms with van der Waals surface area (Å²) in [7, 11) is 1.58. The first-order chi connectivity index (χ1) is 8.69. The number of anilines is 1. The smallest absolute Gasteiger partial charge is 0.213 e. The van der Waals surface area contributed by atoms with E-state index < -0.39 is 0 Å². The van der Waals surface area contributed by atoms with Gasteiger partial charge in [-0.25, -0.2) is 9.97 Å². The third kappa shape index (κ3) is 1.67. The van der Waals surface area contributed by atoms with E-state index >= 15 is 0 Å². The topological polar surface area (TPSA) is 61.0 Å². The van der Waals surface area contributed by atoms with Gasteiger partial charge in [0.25, 0.3) is 0 Å². The highest BCUT2D eigenvalue weighted by Crippen LogP contribution is 2.29. The van der Waals surface area contributed by atoms with Crippen molar-refractivity contribution in [2.75, 3.05) is 12.8 Å². The number of nitrogen functional groups attached to an aromatic ring is 1. The van der Waals surface area contributed by atoms with Gasteiger partial charge in [-0.2, -0.15) is 0 Å². The maximum atomic E-state index is 5.95. The number of benzene rings is 1. The first-order valence-electron chi connectivity index (χ1n) is 5.38. The van der Waals surface area contributed by atoms with E-state index in [2.05, 4.69) is 25.9 Å². The standard InChI is InChI=1S/C13H10BrN3O/c1-18-11-5-4-9-8-3-2-7(14)6-10(8)16-13(15)12(9)17-11/h2-6H,1H3,(H2,15,16). The molecule has 18 heavy (non-hydrogen) atoms. The van der Waals surface area contributed by atoms with Crippen LogP contribution in [0.3, 0.4) is 0 Å². The Morgan fingerprint density at radius 3 is 2.67 bits per heavy atom. The molecule has 2 aromatic heterocycles. The number of halogens is 1. The number of aromatic nitrogens is 2. The van der Waals surface area contributed by atoms with Crippen LogP contribution in [0, 0.1) is 0 Å². The molecule has 0 atom stereocenters. The molecule has 0 radical (unpaired) electrons. The van der Waals surface area contributed by atoms with Crippen LogP contribution in [0.25, 0.3) is 21.8 Å². The summed E-state index contributed by atoms with van der Waals surface area (Å²) in [5.41, 5.74) is 7.47. The number of nitrogens with two attached hydrogens (primary N) is 1. The molecule has 0 aliphatic rings. The van der Waals surface area contributed by atoms with Gasteiger partial charge in [-0.3, -0.25) is 0 Å². The largest absolute Gasteiger partial charge is 0.481 e. The third-order valence-electron chi connectivity index (χ3n) is 2.81. The zero-order valence-corrected chi connectivity index (χ0v) is 11.2. The molecule has 2 heterocycles. The molecular formula is C13H10BrN3O. The van der Waals surface area contributed by atoms with E-state index in [0.29, 0.717) is 17.2 Å². The van der Waals surface area contributed by atoms with Crippen molar-refractivity contribution in [3.63, 3.8) is 0 Å². The Morgan fingerprint density at radius 2 is 1.89 bits per heavy atom. The number of fused-ring (bicyclic) bond motifs is 3. The monoisotopic (exact) mass is 303 g/mol. The van der Waals surface area contributed by atoms with Crippen molar-refractivity contribution < 1.29 is 4.74 Å². The van der Waals surface area contributed by atoms with Crippen molar-refractivity contribution in [2.24, 2.45) is 0 Å². The van der Waals surface area contributed by atoms with Gasteiger partial charge in [0.05, 0.1) is 12.6 Å². The van der Waals surface area contributed by atoms with Crippen LogP contribution < -0.4 is 10.5 Å². The van der Waals surface area contributed by atoms with Crippen LogP contribution in [0.15, 0.2) is 34.8 Å². The summed E-state index contributed by atoms with van der Waals surface area (Å²) in [6, 6.07) is 9.69. The maximum Gasteiger partial charge on any atom is 0.213 e. The molecule has 0 aliphatic heterocycles. The number of hydrogen-bond donors (Lipinski definition) is 1. The first kappa shape index (κ1) is 11.2. The molecule has 0 aliphatic carbocycles. The minimum atomic E-state index is 0.412. The molecule has 0 bridgehead atoms. The SMILES string of the molecule is COc1ccc2c(n1)c(N)nc1cc(Br)ccc12.